The van der Waals surface area contributed by atoms with Gasteiger partial charge in [0.1, 0.15) is 11.2 Å². The van der Waals surface area contributed by atoms with Crippen molar-refractivity contribution < 1.29 is 4.42 Å². The predicted molar refractivity (Wildman–Crippen MR) is 182 cm³/mol. The van der Waals surface area contributed by atoms with E-state index in [1.165, 1.54) is 10.8 Å². The Hall–Kier alpha value is -6.07. The van der Waals surface area contributed by atoms with Crippen LogP contribution in [-0.2, 0) is 0 Å². The Balaban J connectivity index is 1.36. The lowest BCUT2D eigenvalue weighted by molar-refractivity contribution is 0.666. The molecule has 0 fully saturated rings. The van der Waals surface area contributed by atoms with E-state index in [0.717, 1.165) is 60.9 Å². The van der Waals surface area contributed by atoms with Gasteiger partial charge in [-0.25, -0.2) is 15.0 Å². The van der Waals surface area contributed by atoms with Gasteiger partial charge in [0.25, 0.3) is 0 Å². The highest BCUT2D eigenvalue weighted by atomic mass is 16.3. The van der Waals surface area contributed by atoms with E-state index in [4.69, 9.17) is 19.4 Å². The second kappa shape index (κ2) is 10.00. The molecule has 0 radical (unpaired) electrons. The van der Waals surface area contributed by atoms with Gasteiger partial charge in [-0.2, -0.15) is 0 Å². The lowest BCUT2D eigenvalue weighted by Gasteiger charge is -2.10. The van der Waals surface area contributed by atoms with Crippen molar-refractivity contribution in [2.24, 2.45) is 0 Å². The van der Waals surface area contributed by atoms with Crippen molar-refractivity contribution in [3.63, 3.8) is 0 Å². The molecule has 0 aliphatic heterocycles. The number of hydrogen-bond donors (Lipinski definition) is 0. The maximum absolute atomic E-state index is 6.59. The zero-order valence-electron chi connectivity index (χ0n) is 24.5. The number of aromatic nitrogens is 4. The predicted octanol–water partition coefficient (Wildman–Crippen LogP) is 10.2. The Bertz CT molecular complexity index is 2470. The van der Waals surface area contributed by atoms with Gasteiger partial charge in [0.2, 0.25) is 0 Å². The SMILES string of the molecule is Cc1cc(-c2nc(-c3ccccc3)nc(-c3ccccc3)n2)cc2c1oc1ccc3c4ccccc4n(-c4ccccc4)c3c12. The van der Waals surface area contributed by atoms with E-state index in [0.29, 0.717) is 17.5 Å². The molecule has 0 saturated carbocycles. The fraction of sp³-hybridized carbons (Fsp3) is 0.0250. The molecule has 0 spiro atoms. The van der Waals surface area contributed by atoms with Crippen molar-refractivity contribution in [2.75, 3.05) is 0 Å². The number of para-hydroxylation sites is 2. The van der Waals surface area contributed by atoms with Gasteiger partial charge >= 0.3 is 0 Å². The van der Waals surface area contributed by atoms with Crippen LogP contribution in [0.1, 0.15) is 5.56 Å². The summed E-state index contributed by atoms with van der Waals surface area (Å²) in [5.74, 6) is 1.90. The molecule has 0 saturated heterocycles. The largest absolute Gasteiger partial charge is 0.456 e. The first-order valence-electron chi connectivity index (χ1n) is 15.0. The molecule has 9 rings (SSSR count). The third kappa shape index (κ3) is 4.05. The third-order valence-electron chi connectivity index (χ3n) is 8.53. The first-order chi connectivity index (χ1) is 22.2. The number of benzene rings is 6. The molecule has 0 bridgehead atoms. The van der Waals surface area contributed by atoms with Crippen LogP contribution in [0.3, 0.4) is 0 Å². The van der Waals surface area contributed by atoms with Crippen molar-refractivity contribution in [3.05, 3.63) is 145 Å². The van der Waals surface area contributed by atoms with Crippen molar-refractivity contribution in [3.8, 4) is 39.9 Å². The Kier molecular flexibility index (Phi) is 5.65. The Morgan fingerprint density at radius 2 is 1.09 bits per heavy atom. The molecule has 212 valence electrons. The highest BCUT2D eigenvalue weighted by molar-refractivity contribution is 6.25. The first kappa shape index (κ1) is 25.4. The topological polar surface area (TPSA) is 56.7 Å². The van der Waals surface area contributed by atoms with E-state index in [1.807, 2.05) is 60.7 Å². The number of furan rings is 1. The minimum atomic E-state index is 0.623. The number of hydrogen-bond acceptors (Lipinski definition) is 4. The minimum Gasteiger partial charge on any atom is -0.456 e. The van der Waals surface area contributed by atoms with Gasteiger partial charge in [0.15, 0.2) is 17.5 Å². The van der Waals surface area contributed by atoms with E-state index in [-0.39, 0.29) is 0 Å². The Morgan fingerprint density at radius 3 is 1.76 bits per heavy atom. The van der Waals surface area contributed by atoms with Gasteiger partial charge in [0.05, 0.1) is 16.4 Å². The second-order valence-corrected chi connectivity index (χ2v) is 11.3. The van der Waals surface area contributed by atoms with Crippen LogP contribution in [0, 0.1) is 6.92 Å². The molecule has 0 unspecified atom stereocenters. The number of nitrogens with zero attached hydrogens (tertiary/aromatic N) is 4. The van der Waals surface area contributed by atoms with Crippen LogP contribution in [0.15, 0.2) is 144 Å². The Labute approximate surface area is 259 Å². The summed E-state index contributed by atoms with van der Waals surface area (Å²) in [5, 5.41) is 4.50. The quantitative estimate of drug-likeness (QED) is 0.208. The van der Waals surface area contributed by atoms with Gasteiger partial charge in [-0.15, -0.1) is 0 Å². The summed E-state index contributed by atoms with van der Waals surface area (Å²) in [7, 11) is 0. The van der Waals surface area contributed by atoms with Crippen LogP contribution >= 0.6 is 0 Å². The van der Waals surface area contributed by atoms with E-state index < -0.39 is 0 Å². The van der Waals surface area contributed by atoms with Gasteiger partial charge in [-0.05, 0) is 55.0 Å². The van der Waals surface area contributed by atoms with Crippen LogP contribution < -0.4 is 0 Å². The molecular weight excluding hydrogens is 552 g/mol. The molecule has 3 aromatic heterocycles. The summed E-state index contributed by atoms with van der Waals surface area (Å²) >= 11 is 0. The van der Waals surface area contributed by atoms with E-state index in [9.17, 15) is 0 Å². The second-order valence-electron chi connectivity index (χ2n) is 11.3. The van der Waals surface area contributed by atoms with E-state index in [2.05, 4.69) is 90.4 Å². The van der Waals surface area contributed by atoms with Crippen molar-refractivity contribution in [1.82, 2.24) is 19.5 Å². The van der Waals surface area contributed by atoms with Crippen molar-refractivity contribution >= 4 is 43.7 Å². The molecule has 5 nitrogen and oxygen atoms in total. The summed E-state index contributed by atoms with van der Waals surface area (Å²) in [4.78, 5) is 14.9. The highest BCUT2D eigenvalue weighted by Gasteiger charge is 2.21. The van der Waals surface area contributed by atoms with Gasteiger partial charge in [0, 0.05) is 38.5 Å². The normalized spacial score (nSPS) is 11.7. The van der Waals surface area contributed by atoms with Crippen LogP contribution in [0.25, 0.3) is 83.6 Å². The lowest BCUT2D eigenvalue weighted by atomic mass is 10.0. The van der Waals surface area contributed by atoms with E-state index >= 15 is 0 Å². The molecule has 0 atom stereocenters. The number of fused-ring (bicyclic) bond motifs is 7. The molecule has 5 heteroatoms. The molecule has 3 heterocycles. The van der Waals surface area contributed by atoms with Gasteiger partial charge in [-0.1, -0.05) is 97.1 Å². The highest BCUT2D eigenvalue weighted by Crippen LogP contribution is 2.42. The summed E-state index contributed by atoms with van der Waals surface area (Å²) in [5.41, 5.74) is 8.94. The summed E-state index contributed by atoms with van der Waals surface area (Å²) in [6.45, 7) is 2.09. The molecule has 0 aliphatic rings. The minimum absolute atomic E-state index is 0.623. The maximum atomic E-state index is 6.59. The lowest BCUT2D eigenvalue weighted by Crippen LogP contribution is -2.00. The van der Waals surface area contributed by atoms with Crippen LogP contribution in [0.2, 0.25) is 0 Å². The monoisotopic (exact) mass is 578 g/mol. The molecule has 45 heavy (non-hydrogen) atoms. The van der Waals surface area contributed by atoms with Crippen LogP contribution in [0.5, 0.6) is 0 Å². The first-order valence-corrected chi connectivity index (χ1v) is 15.0. The zero-order valence-corrected chi connectivity index (χ0v) is 24.5. The molecule has 0 aliphatic carbocycles. The molecule has 9 aromatic rings. The number of aryl methyl sites for hydroxylation is 1. The standard InChI is InChI=1S/C40H26N4O/c1-25-23-28(40-42-38(26-13-5-2-6-14-26)41-39(43-40)27-15-7-3-8-16-27)24-32-35-34(45-37(25)32)22-21-31-30-19-11-12-20-33(30)44(36(31)35)29-17-9-4-10-18-29/h2-24H,1H3. The van der Waals surface area contributed by atoms with Crippen LogP contribution in [-0.4, -0.2) is 19.5 Å². The molecular formula is C40H26N4O. The average molecular weight is 579 g/mol. The third-order valence-corrected chi connectivity index (χ3v) is 8.53. The molecule has 6 aromatic carbocycles. The van der Waals surface area contributed by atoms with Crippen molar-refractivity contribution in [2.45, 2.75) is 6.92 Å². The average Bonchev–Trinajstić information content (AvgIpc) is 3.65. The summed E-state index contributed by atoms with van der Waals surface area (Å²) < 4.78 is 8.94. The molecule has 0 N–H and O–H groups in total. The summed E-state index contributed by atoms with van der Waals surface area (Å²) in [6.07, 6.45) is 0. The Morgan fingerprint density at radius 1 is 0.511 bits per heavy atom. The number of rotatable bonds is 4. The maximum Gasteiger partial charge on any atom is 0.164 e. The summed E-state index contributed by atoms with van der Waals surface area (Å²) in [6, 6.07) is 47.9. The van der Waals surface area contributed by atoms with Gasteiger partial charge < -0.3 is 8.98 Å². The fourth-order valence-electron chi connectivity index (χ4n) is 6.50. The van der Waals surface area contributed by atoms with Crippen LogP contribution in [0.4, 0.5) is 0 Å². The smallest absolute Gasteiger partial charge is 0.164 e. The van der Waals surface area contributed by atoms with Crippen molar-refractivity contribution in [1.29, 1.82) is 0 Å². The van der Waals surface area contributed by atoms with E-state index in [1.54, 1.807) is 0 Å². The fourth-order valence-corrected chi connectivity index (χ4v) is 6.50. The molecule has 0 amide bonds. The zero-order chi connectivity index (χ0) is 29.9. The van der Waals surface area contributed by atoms with Gasteiger partial charge in [-0.3, -0.25) is 0 Å².